The van der Waals surface area contributed by atoms with E-state index in [0.717, 1.165) is 4.31 Å². The first-order valence-electron chi connectivity index (χ1n) is 7.35. The van der Waals surface area contributed by atoms with Crippen molar-refractivity contribution >= 4 is 22.0 Å². The Morgan fingerprint density at radius 3 is 2.78 bits per heavy atom. The highest BCUT2D eigenvalue weighted by molar-refractivity contribution is 7.89. The second-order valence-corrected chi connectivity index (χ2v) is 7.13. The Hall–Kier alpha value is -1.93. The van der Waals surface area contributed by atoms with E-state index < -0.39 is 28.0 Å². The van der Waals surface area contributed by atoms with Gasteiger partial charge in [0.25, 0.3) is 0 Å². The second kappa shape index (κ2) is 7.10. The highest BCUT2D eigenvalue weighted by atomic mass is 32.2. The van der Waals surface area contributed by atoms with Gasteiger partial charge in [0, 0.05) is 6.54 Å². The third-order valence-electron chi connectivity index (χ3n) is 3.65. The van der Waals surface area contributed by atoms with Gasteiger partial charge in [0.05, 0.1) is 17.9 Å². The van der Waals surface area contributed by atoms with Crippen molar-refractivity contribution in [3.8, 4) is 0 Å². The van der Waals surface area contributed by atoms with Gasteiger partial charge in [0.2, 0.25) is 10.0 Å². The van der Waals surface area contributed by atoms with Crippen LogP contribution in [-0.4, -0.2) is 49.0 Å². The van der Waals surface area contributed by atoms with E-state index in [0.29, 0.717) is 18.4 Å². The Bertz CT molecular complexity index is 700. The van der Waals surface area contributed by atoms with Crippen LogP contribution in [-0.2, 0) is 30.8 Å². The minimum Gasteiger partial charge on any atom is -0.480 e. The molecule has 1 fully saturated rings. The number of aliphatic carboxylic acids is 1. The van der Waals surface area contributed by atoms with Crippen LogP contribution in [0.4, 0.5) is 0 Å². The monoisotopic (exact) mass is 341 g/mol. The number of sulfonamides is 1. The van der Waals surface area contributed by atoms with E-state index in [2.05, 4.69) is 0 Å². The van der Waals surface area contributed by atoms with Crippen molar-refractivity contribution in [2.75, 3.05) is 13.2 Å². The molecule has 0 aromatic heterocycles. The summed E-state index contributed by atoms with van der Waals surface area (Å²) in [6.07, 6.45) is 0.787. The minimum atomic E-state index is -3.90. The van der Waals surface area contributed by atoms with Crippen LogP contribution in [0.15, 0.2) is 29.2 Å². The highest BCUT2D eigenvalue weighted by Crippen LogP contribution is 2.26. The van der Waals surface area contributed by atoms with Crippen LogP contribution in [0.2, 0.25) is 0 Å². The molecule has 126 valence electrons. The molecule has 8 heteroatoms. The molecule has 0 bridgehead atoms. The number of carboxylic acid groups (broad SMARTS) is 1. The average Bonchev–Trinajstić information content (AvgIpc) is 2.98. The smallest absolute Gasteiger partial charge is 0.322 e. The molecule has 0 radical (unpaired) electrons. The van der Waals surface area contributed by atoms with Gasteiger partial charge in [-0.15, -0.1) is 0 Å². The fourth-order valence-electron chi connectivity index (χ4n) is 2.60. The van der Waals surface area contributed by atoms with E-state index in [1.807, 2.05) is 0 Å². The third-order valence-corrected chi connectivity index (χ3v) is 5.55. The van der Waals surface area contributed by atoms with Gasteiger partial charge in [-0.2, -0.15) is 4.31 Å². The molecule has 0 amide bonds. The Morgan fingerprint density at radius 1 is 1.39 bits per heavy atom. The molecule has 1 aromatic rings. The number of hydrogen-bond acceptors (Lipinski definition) is 5. The molecule has 0 aliphatic carbocycles. The van der Waals surface area contributed by atoms with E-state index in [1.165, 1.54) is 18.2 Å². The maximum absolute atomic E-state index is 12.7. The largest absolute Gasteiger partial charge is 0.480 e. The zero-order valence-electron chi connectivity index (χ0n) is 12.8. The predicted octanol–water partition coefficient (Wildman–Crippen LogP) is 1.03. The van der Waals surface area contributed by atoms with Crippen molar-refractivity contribution in [2.45, 2.75) is 37.1 Å². The molecule has 1 aliphatic heterocycles. The second-order valence-electron chi connectivity index (χ2n) is 5.24. The Morgan fingerprint density at radius 2 is 2.13 bits per heavy atom. The topological polar surface area (TPSA) is 101 Å². The molecule has 0 saturated carbocycles. The molecular weight excluding hydrogens is 322 g/mol. The first-order chi connectivity index (χ1) is 10.9. The van der Waals surface area contributed by atoms with E-state index in [-0.39, 0.29) is 24.5 Å². The summed E-state index contributed by atoms with van der Waals surface area (Å²) in [5, 5.41) is 9.16. The van der Waals surface area contributed by atoms with Crippen LogP contribution in [0.5, 0.6) is 0 Å². The minimum absolute atomic E-state index is 0.00699. The molecule has 0 unspecified atom stereocenters. The molecule has 1 saturated heterocycles. The summed E-state index contributed by atoms with van der Waals surface area (Å²) in [4.78, 5) is 22.7. The predicted molar refractivity (Wildman–Crippen MR) is 81.3 cm³/mol. The highest BCUT2D eigenvalue weighted by Gasteiger charge is 2.39. The Labute approximate surface area is 134 Å². The first kappa shape index (κ1) is 17.4. The van der Waals surface area contributed by atoms with Gasteiger partial charge in [0.1, 0.15) is 6.04 Å². The lowest BCUT2D eigenvalue weighted by Crippen LogP contribution is -2.40. The lowest BCUT2D eigenvalue weighted by Gasteiger charge is -2.21. The van der Waals surface area contributed by atoms with Crippen molar-refractivity contribution in [3.63, 3.8) is 0 Å². The Kier molecular flexibility index (Phi) is 5.38. The molecule has 1 atom stereocenters. The van der Waals surface area contributed by atoms with E-state index in [1.54, 1.807) is 13.0 Å². The van der Waals surface area contributed by atoms with Gasteiger partial charge >= 0.3 is 11.9 Å². The zero-order valence-corrected chi connectivity index (χ0v) is 13.6. The van der Waals surface area contributed by atoms with Gasteiger partial charge < -0.3 is 9.84 Å². The van der Waals surface area contributed by atoms with Crippen LogP contribution in [0.1, 0.15) is 25.3 Å². The SMILES string of the molecule is CCOC(=O)Cc1cccc(S(=O)(=O)N2CCC[C@H]2C(=O)O)c1. The Balaban J connectivity index is 2.26. The number of carboxylic acids is 1. The maximum atomic E-state index is 12.7. The average molecular weight is 341 g/mol. The van der Waals surface area contributed by atoms with Gasteiger partial charge in [-0.25, -0.2) is 8.42 Å². The van der Waals surface area contributed by atoms with Crippen LogP contribution < -0.4 is 0 Å². The molecule has 7 nitrogen and oxygen atoms in total. The number of rotatable bonds is 6. The quantitative estimate of drug-likeness (QED) is 0.776. The fourth-order valence-corrected chi connectivity index (χ4v) is 4.33. The van der Waals surface area contributed by atoms with Crippen LogP contribution in [0.25, 0.3) is 0 Å². The van der Waals surface area contributed by atoms with Crippen LogP contribution in [0, 0.1) is 0 Å². The fraction of sp³-hybridized carbons (Fsp3) is 0.467. The number of esters is 1. The summed E-state index contributed by atoms with van der Waals surface area (Å²) < 4.78 is 31.2. The summed E-state index contributed by atoms with van der Waals surface area (Å²) >= 11 is 0. The molecule has 1 N–H and O–H groups in total. The van der Waals surface area contributed by atoms with Gasteiger partial charge in [-0.3, -0.25) is 9.59 Å². The number of ether oxygens (including phenoxy) is 1. The summed E-state index contributed by atoms with van der Waals surface area (Å²) in [5.41, 5.74) is 0.510. The number of nitrogens with zero attached hydrogens (tertiary/aromatic N) is 1. The maximum Gasteiger partial charge on any atom is 0.322 e. The first-order valence-corrected chi connectivity index (χ1v) is 8.79. The van der Waals surface area contributed by atoms with Crippen LogP contribution in [0.3, 0.4) is 0 Å². The molecule has 23 heavy (non-hydrogen) atoms. The van der Waals surface area contributed by atoms with E-state index in [9.17, 15) is 18.0 Å². The number of hydrogen-bond donors (Lipinski definition) is 1. The number of carbonyl (C=O) groups is 2. The zero-order chi connectivity index (χ0) is 17.0. The normalized spacial score (nSPS) is 18.7. The van der Waals surface area contributed by atoms with Gasteiger partial charge in [-0.1, -0.05) is 12.1 Å². The van der Waals surface area contributed by atoms with Gasteiger partial charge in [0.15, 0.2) is 0 Å². The van der Waals surface area contributed by atoms with E-state index >= 15 is 0 Å². The number of benzene rings is 1. The summed E-state index contributed by atoms with van der Waals surface area (Å²) in [5.74, 6) is -1.58. The summed E-state index contributed by atoms with van der Waals surface area (Å²) in [6, 6.07) is 4.93. The van der Waals surface area contributed by atoms with Crippen molar-refractivity contribution in [3.05, 3.63) is 29.8 Å². The molecule has 1 aliphatic rings. The van der Waals surface area contributed by atoms with Crippen LogP contribution >= 0.6 is 0 Å². The molecule has 1 aromatic carbocycles. The van der Waals surface area contributed by atoms with Crippen molar-refractivity contribution in [1.82, 2.24) is 4.31 Å². The lowest BCUT2D eigenvalue weighted by atomic mass is 10.1. The molecule has 1 heterocycles. The molecule has 2 rings (SSSR count). The van der Waals surface area contributed by atoms with Crippen molar-refractivity contribution in [1.29, 1.82) is 0 Å². The van der Waals surface area contributed by atoms with Gasteiger partial charge in [-0.05, 0) is 37.5 Å². The molecular formula is C15H19NO6S. The third kappa shape index (κ3) is 3.89. The standard InChI is InChI=1S/C15H19NO6S/c1-2-22-14(17)10-11-5-3-6-12(9-11)23(20,21)16-8-4-7-13(16)15(18)19/h3,5-6,9,13H,2,4,7-8,10H2,1H3,(H,18,19)/t13-/m0/s1. The van der Waals surface area contributed by atoms with E-state index in [4.69, 9.17) is 9.84 Å². The summed E-state index contributed by atoms with van der Waals surface area (Å²) in [6.45, 7) is 2.13. The summed E-state index contributed by atoms with van der Waals surface area (Å²) in [7, 11) is -3.90. The molecule has 0 spiro atoms. The van der Waals surface area contributed by atoms with Crippen molar-refractivity contribution in [2.24, 2.45) is 0 Å². The number of carbonyl (C=O) groups excluding carboxylic acids is 1. The lowest BCUT2D eigenvalue weighted by molar-refractivity contribution is -0.142. The van der Waals surface area contributed by atoms with Crippen molar-refractivity contribution < 1.29 is 27.9 Å².